The number of aromatic nitrogens is 1. The number of alkyl halides is 2. The van der Waals surface area contributed by atoms with Gasteiger partial charge in [0.1, 0.15) is 4.90 Å². The number of nitrogens with two attached hydrogens (primary N) is 1. The third-order valence-electron chi connectivity index (χ3n) is 1.75. The standard InChI is InChI=1S/C7H7ClF2N2O2S/c8-15(13,14)6-3-12-2-5(7(9)10)4(6)1-11/h2-3,7H,1,11H2. The summed E-state index contributed by atoms with van der Waals surface area (Å²) in [6.07, 6.45) is -1.07. The quantitative estimate of drug-likeness (QED) is 0.830. The fourth-order valence-electron chi connectivity index (χ4n) is 1.10. The van der Waals surface area contributed by atoms with Gasteiger partial charge >= 0.3 is 0 Å². The van der Waals surface area contributed by atoms with Crippen LogP contribution in [0.2, 0.25) is 0 Å². The molecule has 84 valence electrons. The fourth-order valence-corrected chi connectivity index (χ4v) is 2.18. The summed E-state index contributed by atoms with van der Waals surface area (Å²) in [5, 5.41) is 0. The first kappa shape index (κ1) is 12.3. The maximum Gasteiger partial charge on any atom is 0.265 e. The van der Waals surface area contributed by atoms with Crippen LogP contribution in [0.3, 0.4) is 0 Å². The van der Waals surface area contributed by atoms with Crippen LogP contribution in [0.25, 0.3) is 0 Å². The summed E-state index contributed by atoms with van der Waals surface area (Å²) < 4.78 is 46.9. The summed E-state index contributed by atoms with van der Waals surface area (Å²) in [5.74, 6) is 0. The van der Waals surface area contributed by atoms with Crippen molar-refractivity contribution in [2.75, 3.05) is 0 Å². The van der Waals surface area contributed by atoms with E-state index in [1.807, 2.05) is 0 Å². The molecule has 0 bridgehead atoms. The zero-order valence-electron chi connectivity index (χ0n) is 7.32. The molecule has 0 saturated heterocycles. The minimum absolute atomic E-state index is 0.199. The topological polar surface area (TPSA) is 73.0 Å². The van der Waals surface area contributed by atoms with E-state index in [0.717, 1.165) is 12.4 Å². The molecule has 15 heavy (non-hydrogen) atoms. The van der Waals surface area contributed by atoms with Gasteiger partial charge in [0.05, 0.1) is 0 Å². The minimum Gasteiger partial charge on any atom is -0.326 e. The molecule has 0 radical (unpaired) electrons. The number of hydrogen-bond acceptors (Lipinski definition) is 4. The summed E-state index contributed by atoms with van der Waals surface area (Å²) in [7, 11) is 0.946. The van der Waals surface area contributed by atoms with Crippen molar-refractivity contribution < 1.29 is 17.2 Å². The highest BCUT2D eigenvalue weighted by Crippen LogP contribution is 2.28. The number of nitrogens with zero attached hydrogens (tertiary/aromatic N) is 1. The van der Waals surface area contributed by atoms with Gasteiger partial charge in [0.25, 0.3) is 15.5 Å². The Hall–Kier alpha value is -0.790. The molecular weight excluding hydrogens is 250 g/mol. The van der Waals surface area contributed by atoms with Gasteiger partial charge in [0.2, 0.25) is 0 Å². The molecule has 0 spiro atoms. The van der Waals surface area contributed by atoms with Crippen molar-refractivity contribution >= 4 is 19.7 Å². The van der Waals surface area contributed by atoms with Gasteiger partial charge in [0.15, 0.2) is 0 Å². The van der Waals surface area contributed by atoms with E-state index < -0.39 is 25.9 Å². The Bertz CT molecular complexity index is 464. The van der Waals surface area contributed by atoms with Crippen molar-refractivity contribution in [3.63, 3.8) is 0 Å². The number of pyridine rings is 1. The molecule has 8 heteroatoms. The minimum atomic E-state index is -4.11. The zero-order chi connectivity index (χ0) is 11.6. The van der Waals surface area contributed by atoms with E-state index in [2.05, 4.69) is 4.98 Å². The highest BCUT2D eigenvalue weighted by Gasteiger charge is 2.22. The van der Waals surface area contributed by atoms with Gasteiger partial charge in [-0.1, -0.05) is 0 Å². The third-order valence-corrected chi connectivity index (χ3v) is 3.13. The summed E-state index contributed by atoms with van der Waals surface area (Å²) in [4.78, 5) is 2.91. The van der Waals surface area contributed by atoms with Crippen molar-refractivity contribution in [2.45, 2.75) is 17.9 Å². The molecule has 0 aliphatic carbocycles. The van der Waals surface area contributed by atoms with Crippen molar-refractivity contribution in [3.05, 3.63) is 23.5 Å². The molecule has 0 saturated carbocycles. The van der Waals surface area contributed by atoms with Gasteiger partial charge in [-0.05, 0) is 5.56 Å². The second-order valence-corrected chi connectivity index (χ2v) is 5.18. The SMILES string of the molecule is NCc1c(C(F)F)cncc1S(=O)(=O)Cl. The van der Waals surface area contributed by atoms with Crippen LogP contribution in [0, 0.1) is 0 Å². The highest BCUT2D eigenvalue weighted by molar-refractivity contribution is 8.13. The van der Waals surface area contributed by atoms with Crippen LogP contribution in [0.15, 0.2) is 17.3 Å². The largest absolute Gasteiger partial charge is 0.326 e. The number of hydrogen-bond donors (Lipinski definition) is 1. The molecule has 1 aromatic heterocycles. The Morgan fingerprint density at radius 2 is 2.07 bits per heavy atom. The van der Waals surface area contributed by atoms with Crippen LogP contribution in [0.5, 0.6) is 0 Å². The predicted molar refractivity (Wildman–Crippen MR) is 50.1 cm³/mol. The van der Waals surface area contributed by atoms with E-state index in [1.54, 1.807) is 0 Å². The molecule has 0 fully saturated rings. The highest BCUT2D eigenvalue weighted by atomic mass is 35.7. The zero-order valence-corrected chi connectivity index (χ0v) is 8.89. The molecule has 2 N–H and O–H groups in total. The molecule has 0 amide bonds. The Morgan fingerprint density at radius 3 is 2.47 bits per heavy atom. The molecule has 4 nitrogen and oxygen atoms in total. The van der Waals surface area contributed by atoms with Crippen LogP contribution >= 0.6 is 10.7 Å². The van der Waals surface area contributed by atoms with E-state index in [0.29, 0.717) is 0 Å². The Balaban J connectivity index is 3.49. The lowest BCUT2D eigenvalue weighted by Crippen LogP contribution is -2.09. The van der Waals surface area contributed by atoms with Crippen LogP contribution in [0.1, 0.15) is 17.6 Å². The normalized spacial score (nSPS) is 12.1. The maximum absolute atomic E-state index is 12.4. The van der Waals surface area contributed by atoms with Gasteiger partial charge in [-0.25, -0.2) is 17.2 Å². The Labute approximate surface area is 89.5 Å². The van der Waals surface area contributed by atoms with Crippen LogP contribution < -0.4 is 5.73 Å². The van der Waals surface area contributed by atoms with Gasteiger partial charge in [-0.3, -0.25) is 4.98 Å². The average molecular weight is 257 g/mol. The number of rotatable bonds is 3. The predicted octanol–water partition coefficient (Wildman–Crippen LogP) is 1.41. The molecular formula is C7H7ClF2N2O2S. The lowest BCUT2D eigenvalue weighted by molar-refractivity contribution is 0.149. The first-order chi connectivity index (χ1) is 6.88. The monoisotopic (exact) mass is 256 g/mol. The molecule has 0 aromatic carbocycles. The van der Waals surface area contributed by atoms with Gasteiger partial charge < -0.3 is 5.73 Å². The summed E-state index contributed by atoms with van der Waals surface area (Å²) >= 11 is 0. The molecule has 0 atom stereocenters. The van der Waals surface area contributed by atoms with Crippen molar-refractivity contribution in [2.24, 2.45) is 5.73 Å². The van der Waals surface area contributed by atoms with Gasteiger partial charge in [-0.15, -0.1) is 0 Å². The third kappa shape index (κ3) is 2.61. The maximum atomic E-state index is 12.4. The summed E-state index contributed by atoms with van der Waals surface area (Å²) in [6, 6.07) is 0. The van der Waals surface area contributed by atoms with E-state index in [4.69, 9.17) is 16.4 Å². The van der Waals surface area contributed by atoms with Crippen LogP contribution in [0.4, 0.5) is 8.78 Å². The van der Waals surface area contributed by atoms with Gasteiger partial charge in [0, 0.05) is 35.2 Å². The van der Waals surface area contributed by atoms with E-state index in [1.165, 1.54) is 0 Å². The fraction of sp³-hybridized carbons (Fsp3) is 0.286. The van der Waals surface area contributed by atoms with E-state index in [-0.39, 0.29) is 12.1 Å². The van der Waals surface area contributed by atoms with E-state index in [9.17, 15) is 17.2 Å². The summed E-state index contributed by atoms with van der Waals surface area (Å²) in [5.41, 5.74) is 4.49. The Morgan fingerprint density at radius 1 is 1.47 bits per heavy atom. The second kappa shape index (κ2) is 4.38. The molecule has 0 aliphatic rings. The first-order valence-electron chi connectivity index (χ1n) is 3.77. The molecule has 0 aliphatic heterocycles. The molecule has 0 unspecified atom stereocenters. The number of halogens is 3. The lowest BCUT2D eigenvalue weighted by atomic mass is 10.1. The molecule has 1 rings (SSSR count). The van der Waals surface area contributed by atoms with Crippen molar-refractivity contribution in [3.8, 4) is 0 Å². The Kier molecular flexibility index (Phi) is 3.58. The van der Waals surface area contributed by atoms with Crippen LogP contribution in [-0.4, -0.2) is 13.4 Å². The molecule has 1 heterocycles. The van der Waals surface area contributed by atoms with E-state index >= 15 is 0 Å². The first-order valence-corrected chi connectivity index (χ1v) is 6.08. The second-order valence-electron chi connectivity index (χ2n) is 2.65. The van der Waals surface area contributed by atoms with Gasteiger partial charge in [-0.2, -0.15) is 0 Å². The lowest BCUT2D eigenvalue weighted by Gasteiger charge is -2.09. The van der Waals surface area contributed by atoms with Crippen molar-refractivity contribution in [1.82, 2.24) is 4.98 Å². The smallest absolute Gasteiger partial charge is 0.265 e. The van der Waals surface area contributed by atoms with Crippen molar-refractivity contribution in [1.29, 1.82) is 0 Å². The van der Waals surface area contributed by atoms with Crippen LogP contribution in [-0.2, 0) is 15.6 Å². The summed E-state index contributed by atoms with van der Waals surface area (Å²) in [6.45, 7) is -0.344. The molecule has 1 aromatic rings. The average Bonchev–Trinajstić information content (AvgIpc) is 2.15.